The van der Waals surface area contributed by atoms with E-state index >= 15 is 0 Å². The highest BCUT2D eigenvalue weighted by atomic mass is 19.1. The molecule has 0 aliphatic carbocycles. The molecule has 1 fully saturated rings. The number of amides is 1. The van der Waals surface area contributed by atoms with Gasteiger partial charge in [0.25, 0.3) is 11.7 Å². The zero-order chi connectivity index (χ0) is 22.0. The number of methoxy groups -OCH3 is 1. The fourth-order valence-corrected chi connectivity index (χ4v) is 3.41. The summed E-state index contributed by atoms with van der Waals surface area (Å²) in [4.78, 5) is 28.7. The van der Waals surface area contributed by atoms with Crippen LogP contribution in [0.15, 0.2) is 48.0 Å². The van der Waals surface area contributed by atoms with Crippen molar-refractivity contribution in [2.45, 2.75) is 6.04 Å². The molecule has 1 amide bonds. The molecule has 1 atom stereocenters. The van der Waals surface area contributed by atoms with Crippen LogP contribution >= 0.6 is 0 Å². The topological polar surface area (TPSA) is 70.1 Å². The number of aliphatic hydroxyl groups is 1. The van der Waals surface area contributed by atoms with Crippen molar-refractivity contribution >= 4 is 17.4 Å². The Morgan fingerprint density at radius 1 is 1.17 bits per heavy atom. The van der Waals surface area contributed by atoms with Crippen LogP contribution in [0, 0.1) is 11.6 Å². The van der Waals surface area contributed by atoms with Crippen molar-refractivity contribution in [2.75, 3.05) is 34.3 Å². The molecule has 0 bridgehead atoms. The molecule has 1 heterocycles. The van der Waals surface area contributed by atoms with Crippen LogP contribution < -0.4 is 4.74 Å². The Hall–Kier alpha value is -3.26. The number of likely N-dealkylation sites (N-methyl/N-ethyl adjacent to an activating group) is 1. The third kappa shape index (κ3) is 4.04. The van der Waals surface area contributed by atoms with Crippen LogP contribution in [0.1, 0.15) is 17.2 Å². The highest BCUT2D eigenvalue weighted by Gasteiger charge is 2.46. The van der Waals surface area contributed by atoms with Gasteiger partial charge >= 0.3 is 0 Å². The van der Waals surface area contributed by atoms with E-state index in [2.05, 4.69) is 0 Å². The van der Waals surface area contributed by atoms with Gasteiger partial charge < -0.3 is 19.6 Å². The molecule has 1 aliphatic heterocycles. The van der Waals surface area contributed by atoms with E-state index in [1.807, 2.05) is 19.0 Å². The van der Waals surface area contributed by atoms with Crippen molar-refractivity contribution in [1.29, 1.82) is 0 Å². The molecule has 8 heteroatoms. The molecular formula is C22H22F2N2O4. The Morgan fingerprint density at radius 2 is 1.90 bits per heavy atom. The normalized spacial score (nSPS) is 18.3. The van der Waals surface area contributed by atoms with Gasteiger partial charge in [0.05, 0.1) is 18.7 Å². The van der Waals surface area contributed by atoms with Crippen LogP contribution in [0.2, 0.25) is 0 Å². The minimum atomic E-state index is -0.995. The number of ketones is 1. The average Bonchev–Trinajstić information content (AvgIpc) is 2.96. The van der Waals surface area contributed by atoms with Crippen LogP contribution in [0.4, 0.5) is 8.78 Å². The smallest absolute Gasteiger partial charge is 0.295 e. The Kier molecular flexibility index (Phi) is 6.17. The molecular weight excluding hydrogens is 394 g/mol. The summed E-state index contributed by atoms with van der Waals surface area (Å²) >= 11 is 0. The molecule has 1 aliphatic rings. The zero-order valence-corrected chi connectivity index (χ0v) is 16.9. The summed E-state index contributed by atoms with van der Waals surface area (Å²) in [6.07, 6.45) is 0. The summed E-state index contributed by atoms with van der Waals surface area (Å²) in [5, 5.41) is 10.9. The van der Waals surface area contributed by atoms with Gasteiger partial charge in [-0.1, -0.05) is 12.1 Å². The molecule has 2 aromatic rings. The van der Waals surface area contributed by atoms with Gasteiger partial charge in [-0.05, 0) is 50.0 Å². The van der Waals surface area contributed by atoms with E-state index in [-0.39, 0.29) is 23.4 Å². The van der Waals surface area contributed by atoms with Gasteiger partial charge in [-0.15, -0.1) is 0 Å². The number of rotatable bonds is 6. The number of ether oxygens (including phenoxy) is 1. The maximum atomic E-state index is 14.2. The molecule has 3 rings (SSSR count). The highest BCUT2D eigenvalue weighted by Crippen LogP contribution is 2.39. The Balaban J connectivity index is 2.16. The first-order chi connectivity index (χ1) is 14.2. The lowest BCUT2D eigenvalue weighted by molar-refractivity contribution is -0.140. The molecule has 0 radical (unpaired) electrons. The second-order valence-electron chi connectivity index (χ2n) is 7.20. The number of carbonyl (C=O) groups is 2. The van der Waals surface area contributed by atoms with Crippen molar-refractivity contribution in [2.24, 2.45) is 0 Å². The van der Waals surface area contributed by atoms with E-state index in [0.717, 1.165) is 6.07 Å². The lowest BCUT2D eigenvalue weighted by Crippen LogP contribution is -2.35. The molecule has 2 aromatic carbocycles. The Morgan fingerprint density at radius 3 is 2.50 bits per heavy atom. The minimum absolute atomic E-state index is 0.0142. The first-order valence-electron chi connectivity index (χ1n) is 9.27. The molecule has 0 aromatic heterocycles. The van der Waals surface area contributed by atoms with Gasteiger partial charge in [-0.25, -0.2) is 8.78 Å². The zero-order valence-electron chi connectivity index (χ0n) is 16.9. The van der Waals surface area contributed by atoms with Gasteiger partial charge in [0.15, 0.2) is 11.6 Å². The van der Waals surface area contributed by atoms with Crippen molar-refractivity contribution in [3.63, 3.8) is 0 Å². The fraction of sp³-hybridized carbons (Fsp3) is 0.273. The van der Waals surface area contributed by atoms with Crippen LogP contribution in [-0.2, 0) is 9.59 Å². The van der Waals surface area contributed by atoms with Crippen LogP contribution in [0.5, 0.6) is 5.75 Å². The van der Waals surface area contributed by atoms with E-state index in [1.54, 1.807) is 6.07 Å². The number of halogens is 2. The Bertz CT molecular complexity index is 1020. The van der Waals surface area contributed by atoms with Crippen LogP contribution in [0.3, 0.4) is 0 Å². The molecule has 6 nitrogen and oxygen atoms in total. The third-order valence-corrected chi connectivity index (χ3v) is 4.92. The number of carbonyl (C=O) groups excluding carboxylic acids is 2. The Labute approximate surface area is 173 Å². The quantitative estimate of drug-likeness (QED) is 0.446. The molecule has 0 unspecified atom stereocenters. The average molecular weight is 416 g/mol. The number of aliphatic hydroxyl groups excluding tert-OH is 1. The van der Waals surface area contributed by atoms with E-state index in [1.165, 1.54) is 42.3 Å². The molecule has 1 N–H and O–H groups in total. The summed E-state index contributed by atoms with van der Waals surface area (Å²) in [6, 6.07) is 8.20. The monoisotopic (exact) mass is 416 g/mol. The second kappa shape index (κ2) is 8.62. The largest absolute Gasteiger partial charge is 0.507 e. The van der Waals surface area contributed by atoms with Crippen LogP contribution in [0.25, 0.3) is 5.76 Å². The number of likely N-dealkylation sites (tertiary alicyclic amines) is 1. The van der Waals surface area contributed by atoms with Gasteiger partial charge in [-0.2, -0.15) is 0 Å². The van der Waals surface area contributed by atoms with Gasteiger partial charge in [-0.3, -0.25) is 9.59 Å². The number of hydrogen-bond donors (Lipinski definition) is 1. The summed E-state index contributed by atoms with van der Waals surface area (Å²) in [5.41, 5.74) is 0.137. The van der Waals surface area contributed by atoms with Crippen LogP contribution in [-0.4, -0.2) is 60.9 Å². The first-order valence-corrected chi connectivity index (χ1v) is 9.27. The second-order valence-corrected chi connectivity index (χ2v) is 7.20. The van der Waals surface area contributed by atoms with Crippen molar-refractivity contribution in [3.05, 3.63) is 70.8 Å². The summed E-state index contributed by atoms with van der Waals surface area (Å²) < 4.78 is 32.9. The van der Waals surface area contributed by atoms with Crippen molar-refractivity contribution < 1.29 is 28.2 Å². The predicted octanol–water partition coefficient (Wildman–Crippen LogP) is 2.96. The molecule has 0 spiro atoms. The van der Waals surface area contributed by atoms with Crippen molar-refractivity contribution in [3.8, 4) is 5.75 Å². The van der Waals surface area contributed by atoms with Crippen molar-refractivity contribution in [1.82, 2.24) is 9.80 Å². The molecule has 158 valence electrons. The van der Waals surface area contributed by atoms with E-state index in [9.17, 15) is 23.5 Å². The number of hydrogen-bond acceptors (Lipinski definition) is 5. The highest BCUT2D eigenvalue weighted by molar-refractivity contribution is 6.46. The fourth-order valence-electron chi connectivity index (χ4n) is 3.41. The summed E-state index contributed by atoms with van der Waals surface area (Å²) in [7, 11) is 4.93. The predicted molar refractivity (Wildman–Crippen MR) is 107 cm³/mol. The standard InChI is InChI=1S/C22H22F2N2O4/c1-25(2)9-10-26-19(13-5-4-6-15(23)11-13)18(21(28)22(26)29)20(27)14-7-8-17(30-3)16(24)12-14/h4-8,11-12,19,27H,9-10H2,1-3H3/b20-18+/t19-/m0/s1. The minimum Gasteiger partial charge on any atom is -0.507 e. The summed E-state index contributed by atoms with van der Waals surface area (Å²) in [5.74, 6) is -3.54. The maximum absolute atomic E-state index is 14.2. The van der Waals surface area contributed by atoms with E-state index in [0.29, 0.717) is 12.1 Å². The SMILES string of the molecule is COc1ccc(/C(O)=C2\C(=O)C(=O)N(CCN(C)C)[C@H]2c2cccc(F)c2)cc1F. The van der Waals surface area contributed by atoms with E-state index < -0.39 is 35.1 Å². The number of Topliss-reactive ketones (excluding diaryl/α,β-unsaturated/α-hetero) is 1. The lowest BCUT2D eigenvalue weighted by Gasteiger charge is -2.26. The molecule has 30 heavy (non-hydrogen) atoms. The third-order valence-electron chi connectivity index (χ3n) is 4.92. The van der Waals surface area contributed by atoms with Gasteiger partial charge in [0, 0.05) is 18.7 Å². The number of nitrogens with zero attached hydrogens (tertiary/aromatic N) is 2. The number of benzene rings is 2. The van der Waals surface area contributed by atoms with Gasteiger partial charge in [0.1, 0.15) is 11.6 Å². The molecule has 1 saturated heterocycles. The lowest BCUT2D eigenvalue weighted by atomic mass is 9.95. The maximum Gasteiger partial charge on any atom is 0.295 e. The first kappa shape index (κ1) is 21.4. The van der Waals surface area contributed by atoms with Gasteiger partial charge in [0.2, 0.25) is 0 Å². The molecule has 0 saturated carbocycles. The van der Waals surface area contributed by atoms with E-state index in [4.69, 9.17) is 4.74 Å². The summed E-state index contributed by atoms with van der Waals surface area (Å²) in [6.45, 7) is 0.641.